The molecule has 0 saturated carbocycles. The fourth-order valence-electron chi connectivity index (χ4n) is 4.32. The maximum Gasteiger partial charge on any atom is 0.333 e. The van der Waals surface area contributed by atoms with Gasteiger partial charge in [0.1, 0.15) is 0 Å². The number of nitrogens with one attached hydrogen (secondary N) is 1. The standard InChI is InChI=1S/C25H22N4O2/c1-26-24(30)28(16-17-10-4-3-5-11-17)22-19-13-7-9-15-21(19)29-23(22)18-12-6-8-14-20(18)27(2)25(29)31/h3-15H,16H2,1-2H3,(H,26,30). The van der Waals surface area contributed by atoms with Crippen LogP contribution in [0.1, 0.15) is 5.56 Å². The van der Waals surface area contributed by atoms with Crippen LogP contribution in [0.25, 0.3) is 27.3 Å². The molecule has 5 rings (SSSR count). The third kappa shape index (κ3) is 2.87. The van der Waals surface area contributed by atoms with Crippen molar-refractivity contribution in [3.8, 4) is 0 Å². The first-order chi connectivity index (χ1) is 15.1. The largest absolute Gasteiger partial charge is 0.341 e. The molecule has 0 spiro atoms. The molecule has 0 unspecified atom stereocenters. The molecule has 1 N–H and O–H groups in total. The molecule has 154 valence electrons. The molecule has 0 bridgehead atoms. The number of fused-ring (bicyclic) bond motifs is 5. The Morgan fingerprint density at radius 2 is 1.48 bits per heavy atom. The number of para-hydroxylation sites is 2. The first-order valence-corrected chi connectivity index (χ1v) is 10.2. The minimum absolute atomic E-state index is 0.146. The lowest BCUT2D eigenvalue weighted by Gasteiger charge is -2.23. The normalized spacial score (nSPS) is 11.3. The lowest BCUT2D eigenvalue weighted by atomic mass is 10.1. The molecule has 0 fully saturated rings. The van der Waals surface area contributed by atoms with E-state index in [0.717, 1.165) is 38.6 Å². The summed E-state index contributed by atoms with van der Waals surface area (Å²) in [5, 5.41) is 4.54. The van der Waals surface area contributed by atoms with Crippen LogP contribution in [0.2, 0.25) is 0 Å². The molecule has 0 aliphatic heterocycles. The van der Waals surface area contributed by atoms with Gasteiger partial charge in [0.05, 0.1) is 28.8 Å². The summed E-state index contributed by atoms with van der Waals surface area (Å²) in [6.45, 7) is 0.383. The Labute approximate surface area is 178 Å². The molecule has 3 aromatic carbocycles. The number of amides is 2. The van der Waals surface area contributed by atoms with Gasteiger partial charge in [0.2, 0.25) is 0 Å². The molecule has 5 aromatic rings. The molecule has 2 heterocycles. The van der Waals surface area contributed by atoms with Crippen LogP contribution >= 0.6 is 0 Å². The Morgan fingerprint density at radius 3 is 2.19 bits per heavy atom. The lowest BCUT2D eigenvalue weighted by molar-refractivity contribution is 0.248. The summed E-state index contributed by atoms with van der Waals surface area (Å²) >= 11 is 0. The van der Waals surface area contributed by atoms with Crippen molar-refractivity contribution < 1.29 is 4.79 Å². The van der Waals surface area contributed by atoms with E-state index in [1.54, 1.807) is 28.0 Å². The van der Waals surface area contributed by atoms with Gasteiger partial charge in [-0.15, -0.1) is 0 Å². The fourth-order valence-corrected chi connectivity index (χ4v) is 4.32. The van der Waals surface area contributed by atoms with Crippen LogP contribution in [-0.2, 0) is 13.6 Å². The van der Waals surface area contributed by atoms with Gasteiger partial charge in [-0.3, -0.25) is 13.9 Å². The van der Waals surface area contributed by atoms with Crippen molar-refractivity contribution >= 4 is 39.0 Å². The molecule has 6 nitrogen and oxygen atoms in total. The van der Waals surface area contributed by atoms with Crippen molar-refractivity contribution in [2.75, 3.05) is 11.9 Å². The second-order valence-corrected chi connectivity index (χ2v) is 7.54. The zero-order valence-corrected chi connectivity index (χ0v) is 17.4. The molecular formula is C25H22N4O2. The molecule has 2 aromatic heterocycles. The number of hydrogen-bond donors (Lipinski definition) is 1. The van der Waals surface area contributed by atoms with Crippen LogP contribution in [0, 0.1) is 0 Å². The number of benzene rings is 3. The molecule has 2 amide bonds. The molecule has 0 aliphatic carbocycles. The quantitative estimate of drug-likeness (QED) is 0.482. The predicted molar refractivity (Wildman–Crippen MR) is 125 cm³/mol. The Kier molecular flexibility index (Phi) is 4.47. The van der Waals surface area contributed by atoms with Gasteiger partial charge in [-0.1, -0.05) is 66.7 Å². The lowest BCUT2D eigenvalue weighted by Crippen LogP contribution is -2.38. The van der Waals surface area contributed by atoms with E-state index in [0.29, 0.717) is 6.54 Å². The van der Waals surface area contributed by atoms with Crippen LogP contribution in [-0.4, -0.2) is 22.0 Å². The SMILES string of the molecule is CNC(=O)N(Cc1ccccc1)c1c2ccccc2n2c(=O)n(C)c3ccccc3c12. The average Bonchev–Trinajstić information content (AvgIpc) is 3.16. The highest BCUT2D eigenvalue weighted by Gasteiger charge is 2.25. The summed E-state index contributed by atoms with van der Waals surface area (Å²) in [7, 11) is 3.40. The minimum atomic E-state index is -0.230. The second-order valence-electron chi connectivity index (χ2n) is 7.54. The Morgan fingerprint density at radius 1 is 0.871 bits per heavy atom. The maximum atomic E-state index is 13.4. The topological polar surface area (TPSA) is 58.8 Å². The zero-order valence-electron chi connectivity index (χ0n) is 17.4. The van der Waals surface area contributed by atoms with E-state index in [4.69, 9.17) is 0 Å². The third-order valence-corrected chi connectivity index (χ3v) is 5.76. The van der Waals surface area contributed by atoms with Crippen LogP contribution < -0.4 is 15.9 Å². The van der Waals surface area contributed by atoms with E-state index in [-0.39, 0.29) is 11.7 Å². The number of rotatable bonds is 3. The summed E-state index contributed by atoms with van der Waals surface area (Å²) < 4.78 is 3.37. The number of aromatic nitrogens is 2. The Balaban J connectivity index is 1.95. The van der Waals surface area contributed by atoms with Crippen molar-refractivity contribution in [2.24, 2.45) is 7.05 Å². The predicted octanol–water partition coefficient (Wildman–Crippen LogP) is 4.29. The summed E-state index contributed by atoms with van der Waals surface area (Å²) in [5.74, 6) is 0. The van der Waals surface area contributed by atoms with Crippen molar-refractivity contribution in [3.63, 3.8) is 0 Å². The minimum Gasteiger partial charge on any atom is -0.341 e. The maximum absolute atomic E-state index is 13.4. The second kappa shape index (κ2) is 7.32. The molecule has 0 aliphatic rings. The van der Waals surface area contributed by atoms with E-state index in [9.17, 15) is 9.59 Å². The number of nitrogens with zero attached hydrogens (tertiary/aromatic N) is 3. The summed E-state index contributed by atoms with van der Waals surface area (Å²) in [4.78, 5) is 28.2. The van der Waals surface area contributed by atoms with Gasteiger partial charge in [-0.25, -0.2) is 9.59 Å². The van der Waals surface area contributed by atoms with E-state index in [1.807, 2.05) is 78.9 Å². The highest BCUT2D eigenvalue weighted by molar-refractivity contribution is 6.16. The molecule has 6 heteroatoms. The number of anilines is 1. The van der Waals surface area contributed by atoms with Gasteiger partial charge < -0.3 is 5.32 Å². The van der Waals surface area contributed by atoms with E-state index >= 15 is 0 Å². The molecule has 31 heavy (non-hydrogen) atoms. The molecule has 0 saturated heterocycles. The van der Waals surface area contributed by atoms with Gasteiger partial charge in [0.15, 0.2) is 0 Å². The number of carbonyl (C=O) groups is 1. The summed E-state index contributed by atoms with van der Waals surface area (Å²) in [6.07, 6.45) is 0. The zero-order chi connectivity index (χ0) is 21.5. The molecule has 0 atom stereocenters. The van der Waals surface area contributed by atoms with Crippen LogP contribution in [0.15, 0.2) is 83.7 Å². The van der Waals surface area contributed by atoms with Crippen LogP contribution in [0.3, 0.4) is 0 Å². The fraction of sp³-hybridized carbons (Fsp3) is 0.120. The van der Waals surface area contributed by atoms with E-state index < -0.39 is 0 Å². The number of urea groups is 1. The van der Waals surface area contributed by atoms with Crippen molar-refractivity contribution in [2.45, 2.75) is 6.54 Å². The van der Waals surface area contributed by atoms with Gasteiger partial charge >= 0.3 is 11.7 Å². The van der Waals surface area contributed by atoms with Crippen molar-refractivity contribution in [3.05, 3.63) is 94.9 Å². The van der Waals surface area contributed by atoms with Crippen LogP contribution in [0.5, 0.6) is 0 Å². The van der Waals surface area contributed by atoms with Gasteiger partial charge in [-0.2, -0.15) is 0 Å². The van der Waals surface area contributed by atoms with Crippen LogP contribution in [0.4, 0.5) is 10.5 Å². The van der Waals surface area contributed by atoms with Crippen molar-refractivity contribution in [1.82, 2.24) is 14.3 Å². The Hall–Kier alpha value is -4.06. The number of hydrogen-bond acceptors (Lipinski definition) is 2. The highest BCUT2D eigenvalue weighted by atomic mass is 16.2. The molecule has 0 radical (unpaired) electrons. The van der Waals surface area contributed by atoms with E-state index in [2.05, 4.69) is 5.32 Å². The number of carbonyl (C=O) groups excluding carboxylic acids is 1. The monoisotopic (exact) mass is 410 g/mol. The van der Waals surface area contributed by atoms with E-state index in [1.165, 1.54) is 0 Å². The first-order valence-electron chi connectivity index (χ1n) is 10.2. The van der Waals surface area contributed by atoms with Gasteiger partial charge in [0, 0.05) is 24.9 Å². The summed E-state index contributed by atoms with van der Waals surface area (Å²) in [6, 6.07) is 25.2. The van der Waals surface area contributed by atoms with Crippen molar-refractivity contribution in [1.29, 1.82) is 0 Å². The smallest absolute Gasteiger partial charge is 0.333 e. The number of aryl methyl sites for hydroxylation is 1. The summed E-state index contributed by atoms with van der Waals surface area (Å²) in [5.41, 5.74) is 3.92. The average molecular weight is 410 g/mol. The first kappa shape index (κ1) is 18.9. The third-order valence-electron chi connectivity index (χ3n) is 5.76. The van der Waals surface area contributed by atoms with Gasteiger partial charge in [0.25, 0.3) is 0 Å². The Bertz CT molecular complexity index is 1500. The highest BCUT2D eigenvalue weighted by Crippen LogP contribution is 2.38. The van der Waals surface area contributed by atoms with Gasteiger partial charge in [-0.05, 0) is 17.7 Å². The molecular weight excluding hydrogens is 388 g/mol.